The van der Waals surface area contributed by atoms with Crippen LogP contribution in [0.3, 0.4) is 0 Å². The molecule has 2 unspecified atom stereocenters. The molecule has 0 heterocycles. The summed E-state index contributed by atoms with van der Waals surface area (Å²) < 4.78 is 0. The monoisotopic (exact) mass is 171 g/mol. The highest BCUT2D eigenvalue weighted by Crippen LogP contribution is 2.21. The van der Waals surface area contributed by atoms with Crippen molar-refractivity contribution in [3.63, 3.8) is 0 Å². The Kier molecular flexibility index (Phi) is 5.77. The highest BCUT2D eigenvalue weighted by atomic mass is 16.4. The lowest BCUT2D eigenvalue weighted by Gasteiger charge is -2.16. The van der Waals surface area contributed by atoms with Gasteiger partial charge in [-0.2, -0.15) is 0 Å². The maximum atomic E-state index is 10.7. The zero-order valence-corrected chi connectivity index (χ0v) is 8.30. The van der Waals surface area contributed by atoms with Gasteiger partial charge in [0.1, 0.15) is 0 Å². The van der Waals surface area contributed by atoms with Gasteiger partial charge < -0.3 is 0 Å². The number of unbranched alkanes of at least 4 members (excludes halogenated alkanes) is 1. The maximum Gasteiger partial charge on any atom is 0.358 e. The van der Waals surface area contributed by atoms with Gasteiger partial charge in [0.15, 0.2) is 0 Å². The molecule has 0 aliphatic heterocycles. The summed E-state index contributed by atoms with van der Waals surface area (Å²) >= 11 is 0. The second-order valence-corrected chi connectivity index (χ2v) is 3.45. The molecule has 2 atom stereocenters. The number of hydrogen-bond donors (Lipinski definition) is 0. The molecule has 12 heavy (non-hydrogen) atoms. The maximum absolute atomic E-state index is 10.7. The molecule has 0 saturated carbocycles. The molecule has 0 spiro atoms. The molecule has 2 heteroatoms. The minimum Gasteiger partial charge on any atom is -0.247 e. The van der Waals surface area contributed by atoms with Crippen LogP contribution in [0.15, 0.2) is 0 Å². The number of rotatable bonds is 6. The summed E-state index contributed by atoms with van der Waals surface area (Å²) in [6, 6.07) is 0. The zero-order chi connectivity index (χ0) is 9.56. The van der Waals surface area contributed by atoms with Gasteiger partial charge >= 0.3 is 5.97 Å². The Morgan fingerprint density at radius 1 is 1.33 bits per heavy atom. The Morgan fingerprint density at radius 2 is 1.92 bits per heavy atom. The number of carbonyl (C=O) groups excluding carboxylic acids is 1. The van der Waals surface area contributed by atoms with Gasteiger partial charge in [-0.3, -0.25) is 0 Å². The quantitative estimate of drug-likeness (QED) is 0.605. The summed E-state index contributed by atoms with van der Waals surface area (Å²) in [5.41, 5.74) is 0. The van der Waals surface area contributed by atoms with Crippen LogP contribution in [-0.4, -0.2) is 5.97 Å². The largest absolute Gasteiger partial charge is 0.358 e. The van der Waals surface area contributed by atoms with Crippen LogP contribution >= 0.6 is 0 Å². The van der Waals surface area contributed by atoms with E-state index in [2.05, 4.69) is 6.92 Å². The van der Waals surface area contributed by atoms with Crippen LogP contribution in [0, 0.1) is 11.8 Å². The minimum absolute atomic E-state index is 0.241. The van der Waals surface area contributed by atoms with Crippen LogP contribution < -0.4 is 0 Å². The first-order valence-electron chi connectivity index (χ1n) is 4.84. The molecule has 0 aliphatic rings. The van der Waals surface area contributed by atoms with Gasteiger partial charge in [0, 0.05) is 0 Å². The van der Waals surface area contributed by atoms with E-state index in [1.807, 2.05) is 13.8 Å². The average Bonchev–Trinajstić information content (AvgIpc) is 2.04. The fourth-order valence-corrected chi connectivity index (χ4v) is 1.34. The van der Waals surface area contributed by atoms with Crippen molar-refractivity contribution in [3.05, 3.63) is 0 Å². The van der Waals surface area contributed by atoms with Gasteiger partial charge in [-0.25, -0.2) is 9.90 Å². The highest BCUT2D eigenvalue weighted by molar-refractivity contribution is 5.69. The Morgan fingerprint density at radius 3 is 2.25 bits per heavy atom. The van der Waals surface area contributed by atoms with E-state index in [9.17, 15) is 9.90 Å². The van der Waals surface area contributed by atoms with Gasteiger partial charge in [-0.1, -0.05) is 40.0 Å². The van der Waals surface area contributed by atoms with Crippen molar-refractivity contribution in [2.24, 2.45) is 11.8 Å². The first-order chi connectivity index (χ1) is 5.63. The summed E-state index contributed by atoms with van der Waals surface area (Å²) in [6.45, 7) is 6.08. The lowest BCUT2D eigenvalue weighted by molar-refractivity contribution is -0.150. The third-order valence-electron chi connectivity index (χ3n) is 2.50. The molecule has 0 aromatic rings. The summed E-state index contributed by atoms with van der Waals surface area (Å²) in [5.74, 6) is -0.866. The van der Waals surface area contributed by atoms with Crippen LogP contribution in [0.5, 0.6) is 0 Å². The predicted molar refractivity (Wildman–Crippen MR) is 48.2 cm³/mol. The molecule has 0 aliphatic carbocycles. The molecule has 1 radical (unpaired) electrons. The van der Waals surface area contributed by atoms with Crippen molar-refractivity contribution < 1.29 is 9.90 Å². The SMILES string of the molecule is CCCCC(C([O])=O)C(C)CC. The van der Waals surface area contributed by atoms with Crippen LogP contribution in [0.4, 0.5) is 0 Å². The molecule has 0 saturated heterocycles. The third-order valence-corrected chi connectivity index (χ3v) is 2.50. The normalized spacial score (nSPS) is 15.6. The number of carbonyl (C=O) groups is 1. The van der Waals surface area contributed by atoms with E-state index in [4.69, 9.17) is 0 Å². The Bertz CT molecular complexity index is 132. The van der Waals surface area contributed by atoms with E-state index in [0.717, 1.165) is 25.7 Å². The van der Waals surface area contributed by atoms with Gasteiger partial charge in [0.2, 0.25) is 0 Å². The average molecular weight is 171 g/mol. The van der Waals surface area contributed by atoms with Gasteiger partial charge in [-0.05, 0) is 12.3 Å². The Hall–Kier alpha value is -0.530. The molecular weight excluding hydrogens is 152 g/mol. The van der Waals surface area contributed by atoms with Crippen molar-refractivity contribution in [2.45, 2.75) is 46.5 Å². The van der Waals surface area contributed by atoms with E-state index in [-0.39, 0.29) is 11.8 Å². The van der Waals surface area contributed by atoms with Crippen molar-refractivity contribution in [1.29, 1.82) is 0 Å². The molecule has 0 bridgehead atoms. The van der Waals surface area contributed by atoms with Crippen molar-refractivity contribution in [3.8, 4) is 0 Å². The van der Waals surface area contributed by atoms with E-state index in [1.54, 1.807) is 0 Å². The minimum atomic E-state index is -0.877. The summed E-state index contributed by atoms with van der Waals surface area (Å²) in [5, 5.41) is 10.7. The summed E-state index contributed by atoms with van der Waals surface area (Å²) in [4.78, 5) is 10.7. The highest BCUT2D eigenvalue weighted by Gasteiger charge is 2.23. The molecule has 0 N–H and O–H groups in total. The topological polar surface area (TPSA) is 37.0 Å². The van der Waals surface area contributed by atoms with Crippen LogP contribution in [0.2, 0.25) is 0 Å². The molecule has 0 aromatic heterocycles. The fourth-order valence-electron chi connectivity index (χ4n) is 1.34. The lowest BCUT2D eigenvalue weighted by Crippen LogP contribution is -2.20. The van der Waals surface area contributed by atoms with Crippen molar-refractivity contribution >= 4 is 5.97 Å². The lowest BCUT2D eigenvalue weighted by atomic mass is 9.88. The molecule has 0 aromatic carbocycles. The fraction of sp³-hybridized carbons (Fsp3) is 0.900. The second-order valence-electron chi connectivity index (χ2n) is 3.45. The molecule has 71 valence electrons. The smallest absolute Gasteiger partial charge is 0.247 e. The van der Waals surface area contributed by atoms with Crippen LogP contribution in [0.1, 0.15) is 46.5 Å². The predicted octanol–water partition coefficient (Wildman–Crippen LogP) is 2.80. The van der Waals surface area contributed by atoms with Crippen LogP contribution in [-0.2, 0) is 9.90 Å². The summed E-state index contributed by atoms with van der Waals surface area (Å²) in [7, 11) is 0. The molecule has 2 nitrogen and oxygen atoms in total. The van der Waals surface area contributed by atoms with Crippen LogP contribution in [0.25, 0.3) is 0 Å². The Labute approximate surface area is 75.0 Å². The van der Waals surface area contributed by atoms with Crippen molar-refractivity contribution in [1.82, 2.24) is 0 Å². The summed E-state index contributed by atoms with van der Waals surface area (Å²) in [6.07, 6.45) is 3.74. The Balaban J connectivity index is 3.94. The standard InChI is InChI=1S/C10H19O2/c1-4-6-7-9(10(11)12)8(3)5-2/h8-9H,4-7H2,1-3H3. The van der Waals surface area contributed by atoms with E-state index in [1.165, 1.54) is 0 Å². The van der Waals surface area contributed by atoms with E-state index >= 15 is 0 Å². The molecule has 0 rings (SSSR count). The third kappa shape index (κ3) is 3.74. The first kappa shape index (κ1) is 11.5. The molecular formula is C10H19O2. The van der Waals surface area contributed by atoms with E-state index in [0.29, 0.717) is 0 Å². The van der Waals surface area contributed by atoms with E-state index < -0.39 is 5.97 Å². The number of hydrogen-bond acceptors (Lipinski definition) is 1. The second kappa shape index (κ2) is 6.04. The van der Waals surface area contributed by atoms with Gasteiger partial charge in [-0.15, -0.1) is 0 Å². The molecule has 0 fully saturated rings. The van der Waals surface area contributed by atoms with Gasteiger partial charge in [0.05, 0.1) is 5.92 Å². The van der Waals surface area contributed by atoms with Gasteiger partial charge in [0.25, 0.3) is 0 Å². The molecule has 0 amide bonds. The zero-order valence-electron chi connectivity index (χ0n) is 8.30. The van der Waals surface area contributed by atoms with Crippen molar-refractivity contribution in [2.75, 3.05) is 0 Å². The first-order valence-corrected chi connectivity index (χ1v) is 4.84.